The molecule has 0 saturated carbocycles. The summed E-state index contributed by atoms with van der Waals surface area (Å²) < 4.78 is 4.81. The molecule has 0 spiro atoms. The molecule has 0 aliphatic rings. The summed E-state index contributed by atoms with van der Waals surface area (Å²) in [5.41, 5.74) is 0. The molecule has 0 aliphatic carbocycles. The lowest BCUT2D eigenvalue weighted by Gasteiger charge is -2.14. The van der Waals surface area contributed by atoms with Crippen LogP contribution in [0.1, 0.15) is 77.6 Å². The molecule has 0 heterocycles. The molecule has 132 valence electrons. The lowest BCUT2D eigenvalue weighted by Crippen LogP contribution is -2.27. The smallest absolute Gasteiger partial charge is 0.308 e. The first kappa shape index (κ1) is 21.4. The molecule has 22 heavy (non-hydrogen) atoms. The standard InChI is InChI=1S/C17H34O5/c1-2-3-4-5-6-7-8-9-10-11-15(20)12-17(21)22-16(13-18)14-19/h15-16,18-20H,2-14H2,1H3/t15-/m1/s1. The van der Waals surface area contributed by atoms with E-state index in [2.05, 4.69) is 6.92 Å². The highest BCUT2D eigenvalue weighted by molar-refractivity contribution is 5.70. The first-order valence-corrected chi connectivity index (χ1v) is 8.73. The number of esters is 1. The van der Waals surface area contributed by atoms with Gasteiger partial charge in [-0.1, -0.05) is 64.7 Å². The van der Waals surface area contributed by atoms with Crippen molar-refractivity contribution >= 4 is 5.97 Å². The second-order valence-electron chi connectivity index (χ2n) is 5.95. The van der Waals surface area contributed by atoms with Crippen molar-refractivity contribution in [3.8, 4) is 0 Å². The third-order valence-electron chi connectivity index (χ3n) is 3.75. The van der Waals surface area contributed by atoms with E-state index in [1.807, 2.05) is 0 Å². The van der Waals surface area contributed by atoms with Crippen LogP contribution in [-0.2, 0) is 9.53 Å². The minimum atomic E-state index is -0.882. The predicted molar refractivity (Wildman–Crippen MR) is 86.5 cm³/mol. The van der Waals surface area contributed by atoms with Gasteiger partial charge >= 0.3 is 5.97 Å². The average molecular weight is 318 g/mol. The van der Waals surface area contributed by atoms with Gasteiger partial charge < -0.3 is 20.1 Å². The number of unbranched alkanes of at least 4 members (excludes halogenated alkanes) is 8. The Morgan fingerprint density at radius 1 is 0.909 bits per heavy atom. The largest absolute Gasteiger partial charge is 0.457 e. The van der Waals surface area contributed by atoms with Crippen LogP contribution in [0, 0.1) is 0 Å². The monoisotopic (exact) mass is 318 g/mol. The van der Waals surface area contributed by atoms with Crippen molar-refractivity contribution in [3.05, 3.63) is 0 Å². The van der Waals surface area contributed by atoms with Crippen molar-refractivity contribution in [2.75, 3.05) is 13.2 Å². The van der Waals surface area contributed by atoms with E-state index in [-0.39, 0.29) is 6.42 Å². The molecule has 0 saturated heterocycles. The summed E-state index contributed by atoms with van der Waals surface area (Å²) in [6, 6.07) is 0. The molecule has 0 bridgehead atoms. The fourth-order valence-corrected chi connectivity index (χ4v) is 2.35. The van der Waals surface area contributed by atoms with Crippen LogP contribution in [0.25, 0.3) is 0 Å². The minimum absolute atomic E-state index is 0.0759. The van der Waals surface area contributed by atoms with Crippen molar-refractivity contribution in [3.63, 3.8) is 0 Å². The maximum atomic E-state index is 11.4. The Labute approximate surface area is 134 Å². The van der Waals surface area contributed by atoms with Gasteiger partial charge in [-0.2, -0.15) is 0 Å². The third kappa shape index (κ3) is 13.0. The topological polar surface area (TPSA) is 87.0 Å². The third-order valence-corrected chi connectivity index (χ3v) is 3.75. The van der Waals surface area contributed by atoms with Crippen molar-refractivity contribution in [1.82, 2.24) is 0 Å². The highest BCUT2D eigenvalue weighted by Gasteiger charge is 2.16. The van der Waals surface area contributed by atoms with Crippen LogP contribution in [0.4, 0.5) is 0 Å². The maximum Gasteiger partial charge on any atom is 0.308 e. The molecule has 5 heteroatoms. The zero-order valence-corrected chi connectivity index (χ0v) is 14.0. The van der Waals surface area contributed by atoms with Crippen molar-refractivity contribution in [2.24, 2.45) is 0 Å². The number of aliphatic hydroxyl groups excluding tert-OH is 3. The minimum Gasteiger partial charge on any atom is -0.457 e. The molecule has 1 atom stereocenters. The Kier molecular flexibility index (Phi) is 14.8. The molecule has 0 radical (unpaired) electrons. The number of carbonyl (C=O) groups is 1. The molecule has 0 unspecified atom stereocenters. The van der Waals surface area contributed by atoms with E-state index in [0.717, 1.165) is 12.8 Å². The summed E-state index contributed by atoms with van der Waals surface area (Å²) >= 11 is 0. The summed E-state index contributed by atoms with van der Waals surface area (Å²) in [7, 11) is 0. The molecule has 0 amide bonds. The first-order valence-electron chi connectivity index (χ1n) is 8.73. The lowest BCUT2D eigenvalue weighted by molar-refractivity contribution is -0.155. The first-order chi connectivity index (χ1) is 10.6. The summed E-state index contributed by atoms with van der Waals surface area (Å²) in [6.45, 7) is 1.40. The van der Waals surface area contributed by atoms with Gasteiger partial charge in [0.05, 0.1) is 25.7 Å². The molecule has 0 aromatic heterocycles. The zero-order valence-electron chi connectivity index (χ0n) is 14.0. The Morgan fingerprint density at radius 3 is 1.91 bits per heavy atom. The van der Waals surface area contributed by atoms with E-state index < -0.39 is 31.4 Å². The van der Waals surface area contributed by atoms with E-state index >= 15 is 0 Å². The molecule has 0 aromatic carbocycles. The molecule has 0 rings (SSSR count). The Bertz CT molecular complexity index is 253. The van der Waals surface area contributed by atoms with E-state index in [0.29, 0.717) is 6.42 Å². The van der Waals surface area contributed by atoms with Gasteiger partial charge in [0.1, 0.15) is 6.10 Å². The molecule has 0 aromatic rings. The van der Waals surface area contributed by atoms with Gasteiger partial charge in [0.15, 0.2) is 0 Å². The second-order valence-corrected chi connectivity index (χ2v) is 5.95. The van der Waals surface area contributed by atoms with Gasteiger partial charge in [0.25, 0.3) is 0 Å². The van der Waals surface area contributed by atoms with E-state index in [4.69, 9.17) is 14.9 Å². The van der Waals surface area contributed by atoms with Crippen LogP contribution in [0.15, 0.2) is 0 Å². The zero-order chi connectivity index (χ0) is 16.6. The number of carbonyl (C=O) groups excluding carboxylic acids is 1. The van der Waals surface area contributed by atoms with Gasteiger partial charge in [-0.05, 0) is 6.42 Å². The normalized spacial score (nSPS) is 12.6. The molecule has 0 fully saturated rings. The Hall–Kier alpha value is -0.650. The lowest BCUT2D eigenvalue weighted by atomic mass is 10.0. The Balaban J connectivity index is 3.45. The van der Waals surface area contributed by atoms with E-state index in [9.17, 15) is 9.90 Å². The van der Waals surface area contributed by atoms with Crippen LogP contribution in [0.5, 0.6) is 0 Å². The van der Waals surface area contributed by atoms with Crippen molar-refractivity contribution in [2.45, 2.75) is 89.8 Å². The van der Waals surface area contributed by atoms with E-state index in [1.165, 1.54) is 44.9 Å². The number of hydrogen-bond donors (Lipinski definition) is 3. The molecule has 5 nitrogen and oxygen atoms in total. The van der Waals surface area contributed by atoms with Crippen molar-refractivity contribution < 1.29 is 24.9 Å². The van der Waals surface area contributed by atoms with E-state index in [1.54, 1.807) is 0 Å². The summed E-state index contributed by atoms with van der Waals surface area (Å²) in [5.74, 6) is -0.573. The predicted octanol–water partition coefficient (Wildman–Crippen LogP) is 2.55. The van der Waals surface area contributed by atoms with Crippen molar-refractivity contribution in [1.29, 1.82) is 0 Å². The van der Waals surface area contributed by atoms with Crippen LogP contribution in [0.3, 0.4) is 0 Å². The fourth-order valence-electron chi connectivity index (χ4n) is 2.35. The van der Waals surface area contributed by atoms with Gasteiger partial charge in [-0.15, -0.1) is 0 Å². The molecule has 0 aliphatic heterocycles. The highest BCUT2D eigenvalue weighted by atomic mass is 16.6. The molecule has 3 N–H and O–H groups in total. The number of hydrogen-bond acceptors (Lipinski definition) is 5. The number of ether oxygens (including phenoxy) is 1. The van der Waals surface area contributed by atoms with Gasteiger partial charge in [-0.25, -0.2) is 0 Å². The van der Waals surface area contributed by atoms with Gasteiger partial charge in [0.2, 0.25) is 0 Å². The molecular weight excluding hydrogens is 284 g/mol. The number of rotatable bonds is 15. The van der Waals surface area contributed by atoms with Gasteiger partial charge in [-0.3, -0.25) is 4.79 Å². The second kappa shape index (κ2) is 15.3. The fraction of sp³-hybridized carbons (Fsp3) is 0.941. The van der Waals surface area contributed by atoms with Crippen LogP contribution in [-0.4, -0.2) is 46.7 Å². The quantitative estimate of drug-likeness (QED) is 0.319. The SMILES string of the molecule is CCCCCCCCCCC[C@@H](O)CC(=O)OC(CO)CO. The van der Waals surface area contributed by atoms with Gasteiger partial charge in [0, 0.05) is 0 Å². The average Bonchev–Trinajstić information content (AvgIpc) is 2.50. The summed E-state index contributed by atoms with van der Waals surface area (Å²) in [6.07, 6.45) is 9.90. The summed E-state index contributed by atoms with van der Waals surface area (Å²) in [5, 5.41) is 27.4. The van der Waals surface area contributed by atoms with Crippen LogP contribution < -0.4 is 0 Å². The van der Waals surface area contributed by atoms with Crippen LogP contribution in [0.2, 0.25) is 0 Å². The van der Waals surface area contributed by atoms with Crippen LogP contribution >= 0.6 is 0 Å². The number of aliphatic hydroxyl groups is 3. The Morgan fingerprint density at radius 2 is 1.41 bits per heavy atom. The highest BCUT2D eigenvalue weighted by Crippen LogP contribution is 2.12. The molecular formula is C17H34O5. The maximum absolute atomic E-state index is 11.4. The summed E-state index contributed by atoms with van der Waals surface area (Å²) in [4.78, 5) is 11.4.